The van der Waals surface area contributed by atoms with Gasteiger partial charge in [0.15, 0.2) is 5.96 Å². The highest BCUT2D eigenvalue weighted by atomic mass is 16.5. The van der Waals surface area contributed by atoms with Gasteiger partial charge < -0.3 is 19.7 Å². The maximum Gasteiger partial charge on any atom is 0.193 e. The summed E-state index contributed by atoms with van der Waals surface area (Å²) in [4.78, 5) is 6.80. The normalized spacial score (nSPS) is 15.5. The molecule has 1 aliphatic rings. The maximum atomic E-state index is 5.93. The zero-order valence-corrected chi connectivity index (χ0v) is 16.9. The van der Waals surface area contributed by atoms with E-state index in [0.29, 0.717) is 12.7 Å². The van der Waals surface area contributed by atoms with E-state index >= 15 is 0 Å². The lowest BCUT2D eigenvalue weighted by molar-refractivity contribution is 0.0263. The topological polar surface area (TPSA) is 46.1 Å². The summed E-state index contributed by atoms with van der Waals surface area (Å²) in [6, 6.07) is 18.3. The van der Waals surface area contributed by atoms with Crippen LogP contribution in [-0.2, 0) is 17.9 Å². The van der Waals surface area contributed by atoms with Gasteiger partial charge in [-0.05, 0) is 43.0 Å². The molecule has 0 aliphatic carbocycles. The van der Waals surface area contributed by atoms with Crippen LogP contribution in [0.2, 0.25) is 0 Å². The number of ether oxygens (including phenoxy) is 2. The van der Waals surface area contributed by atoms with Crippen LogP contribution < -0.4 is 10.1 Å². The monoisotopic (exact) mass is 381 g/mol. The molecule has 1 heterocycles. The molecule has 0 atom stereocenters. The number of likely N-dealkylation sites (tertiary alicyclic amines) is 1. The van der Waals surface area contributed by atoms with E-state index in [1.165, 1.54) is 11.1 Å². The van der Waals surface area contributed by atoms with E-state index in [-0.39, 0.29) is 0 Å². The van der Waals surface area contributed by atoms with Crippen molar-refractivity contribution in [2.75, 3.05) is 26.7 Å². The van der Waals surface area contributed by atoms with Gasteiger partial charge in [0, 0.05) is 33.3 Å². The third-order valence-corrected chi connectivity index (χ3v) is 5.05. The first kappa shape index (κ1) is 20.2. The fourth-order valence-corrected chi connectivity index (χ4v) is 3.53. The molecule has 0 amide bonds. The van der Waals surface area contributed by atoms with E-state index in [9.17, 15) is 0 Å². The second-order valence-electron chi connectivity index (χ2n) is 6.91. The number of aliphatic imine (C=N–C) groups is 1. The zero-order valence-electron chi connectivity index (χ0n) is 16.9. The molecule has 1 saturated heterocycles. The van der Waals surface area contributed by atoms with Crippen molar-refractivity contribution >= 4 is 5.96 Å². The predicted octanol–water partition coefficient (Wildman–Crippen LogP) is 3.84. The first-order valence-corrected chi connectivity index (χ1v) is 10.1. The van der Waals surface area contributed by atoms with Gasteiger partial charge in [-0.25, -0.2) is 0 Å². The summed E-state index contributed by atoms with van der Waals surface area (Å²) >= 11 is 0. The minimum Gasteiger partial charge on any atom is -0.489 e. The number of para-hydroxylation sites is 1. The van der Waals surface area contributed by atoms with Gasteiger partial charge in [0.25, 0.3) is 0 Å². The lowest BCUT2D eigenvalue weighted by Gasteiger charge is -2.34. The molecule has 0 bridgehead atoms. The van der Waals surface area contributed by atoms with Gasteiger partial charge in [0.1, 0.15) is 12.4 Å². The standard InChI is InChI=1S/C23H31N3O2/c1-3-27-22-13-15-26(16-14-22)23(24-2)25-17-19-9-7-8-10-20(19)18-28-21-11-5-4-6-12-21/h4-12,22H,3,13-18H2,1-2H3,(H,24,25). The van der Waals surface area contributed by atoms with Crippen molar-refractivity contribution in [1.29, 1.82) is 0 Å². The Hall–Kier alpha value is -2.53. The Kier molecular flexibility index (Phi) is 7.73. The number of nitrogens with one attached hydrogen (secondary N) is 1. The Morgan fingerprint density at radius 2 is 1.71 bits per heavy atom. The third-order valence-electron chi connectivity index (χ3n) is 5.05. The molecular weight excluding hydrogens is 350 g/mol. The molecule has 1 N–H and O–H groups in total. The Morgan fingerprint density at radius 1 is 1.04 bits per heavy atom. The second kappa shape index (κ2) is 10.7. The molecule has 0 unspecified atom stereocenters. The average Bonchev–Trinajstić information content (AvgIpc) is 2.75. The highest BCUT2D eigenvalue weighted by Crippen LogP contribution is 2.16. The van der Waals surface area contributed by atoms with Gasteiger partial charge in [-0.2, -0.15) is 0 Å². The predicted molar refractivity (Wildman–Crippen MR) is 114 cm³/mol. The van der Waals surface area contributed by atoms with Crippen molar-refractivity contribution in [1.82, 2.24) is 10.2 Å². The first-order valence-electron chi connectivity index (χ1n) is 10.1. The van der Waals surface area contributed by atoms with E-state index in [1.54, 1.807) is 0 Å². The van der Waals surface area contributed by atoms with E-state index in [4.69, 9.17) is 9.47 Å². The lowest BCUT2D eigenvalue weighted by Crippen LogP contribution is -2.46. The molecule has 0 radical (unpaired) electrons. The molecule has 0 aromatic heterocycles. The van der Waals surface area contributed by atoms with Gasteiger partial charge in [0.2, 0.25) is 0 Å². The maximum absolute atomic E-state index is 5.93. The second-order valence-corrected chi connectivity index (χ2v) is 6.91. The summed E-state index contributed by atoms with van der Waals surface area (Å²) in [7, 11) is 1.85. The molecule has 150 valence electrons. The highest BCUT2D eigenvalue weighted by Gasteiger charge is 2.21. The highest BCUT2D eigenvalue weighted by molar-refractivity contribution is 5.80. The lowest BCUT2D eigenvalue weighted by atomic mass is 10.1. The summed E-state index contributed by atoms with van der Waals surface area (Å²) in [5.74, 6) is 1.84. The van der Waals surface area contributed by atoms with Crippen LogP contribution in [0, 0.1) is 0 Å². The molecule has 5 heteroatoms. The van der Waals surface area contributed by atoms with Gasteiger partial charge >= 0.3 is 0 Å². The van der Waals surface area contributed by atoms with Crippen LogP contribution in [0.25, 0.3) is 0 Å². The van der Waals surface area contributed by atoms with Gasteiger partial charge in [-0.1, -0.05) is 42.5 Å². The van der Waals surface area contributed by atoms with Crippen LogP contribution >= 0.6 is 0 Å². The quantitative estimate of drug-likeness (QED) is 0.585. The summed E-state index contributed by atoms with van der Waals surface area (Å²) in [6.07, 6.45) is 2.49. The molecule has 3 rings (SSSR count). The zero-order chi connectivity index (χ0) is 19.6. The van der Waals surface area contributed by atoms with Crippen LogP contribution in [-0.4, -0.2) is 43.7 Å². The number of benzene rings is 2. The Morgan fingerprint density at radius 3 is 2.39 bits per heavy atom. The number of hydrogen-bond donors (Lipinski definition) is 1. The van der Waals surface area contributed by atoms with Gasteiger partial charge in [-0.3, -0.25) is 4.99 Å². The molecular formula is C23H31N3O2. The Labute approximate surface area is 168 Å². The van der Waals surface area contributed by atoms with Crippen molar-refractivity contribution in [3.8, 4) is 5.75 Å². The molecule has 1 fully saturated rings. The third kappa shape index (κ3) is 5.73. The molecule has 5 nitrogen and oxygen atoms in total. The summed E-state index contributed by atoms with van der Waals surface area (Å²) in [5.41, 5.74) is 2.41. The fourth-order valence-electron chi connectivity index (χ4n) is 3.53. The number of piperidine rings is 1. The number of nitrogens with zero attached hydrogens (tertiary/aromatic N) is 2. The minimum absolute atomic E-state index is 0.384. The smallest absolute Gasteiger partial charge is 0.193 e. The molecule has 2 aromatic carbocycles. The first-order chi connectivity index (χ1) is 13.8. The van der Waals surface area contributed by atoms with Crippen molar-refractivity contribution in [2.24, 2.45) is 4.99 Å². The van der Waals surface area contributed by atoms with Crippen LogP contribution in [0.15, 0.2) is 59.6 Å². The van der Waals surface area contributed by atoms with Crippen LogP contribution in [0.3, 0.4) is 0 Å². The number of guanidine groups is 1. The summed E-state index contributed by atoms with van der Waals surface area (Å²) < 4.78 is 11.7. The number of hydrogen-bond acceptors (Lipinski definition) is 3. The van der Waals surface area contributed by atoms with Gasteiger partial charge in [-0.15, -0.1) is 0 Å². The van der Waals surface area contributed by atoms with Crippen LogP contribution in [0.1, 0.15) is 30.9 Å². The van der Waals surface area contributed by atoms with E-state index in [0.717, 1.165) is 50.8 Å². The van der Waals surface area contributed by atoms with Crippen molar-refractivity contribution in [3.05, 3.63) is 65.7 Å². The van der Waals surface area contributed by atoms with Crippen LogP contribution in [0.4, 0.5) is 0 Å². The van der Waals surface area contributed by atoms with E-state index < -0.39 is 0 Å². The summed E-state index contributed by atoms with van der Waals surface area (Å²) in [6.45, 7) is 6.09. The molecule has 0 saturated carbocycles. The average molecular weight is 382 g/mol. The van der Waals surface area contributed by atoms with E-state index in [1.807, 2.05) is 37.4 Å². The molecule has 2 aromatic rings. The Balaban J connectivity index is 1.55. The van der Waals surface area contributed by atoms with Crippen molar-refractivity contribution < 1.29 is 9.47 Å². The van der Waals surface area contributed by atoms with Crippen molar-refractivity contribution in [3.63, 3.8) is 0 Å². The molecule has 0 spiro atoms. The van der Waals surface area contributed by atoms with E-state index in [2.05, 4.69) is 46.4 Å². The molecule has 28 heavy (non-hydrogen) atoms. The minimum atomic E-state index is 0.384. The van der Waals surface area contributed by atoms with Gasteiger partial charge in [0.05, 0.1) is 6.10 Å². The van der Waals surface area contributed by atoms with Crippen LogP contribution in [0.5, 0.6) is 5.75 Å². The Bertz CT molecular complexity index is 741. The largest absolute Gasteiger partial charge is 0.489 e. The summed E-state index contributed by atoms with van der Waals surface area (Å²) in [5, 5.41) is 3.52. The number of rotatable bonds is 7. The fraction of sp³-hybridized carbons (Fsp3) is 0.435. The SMILES string of the molecule is CCOC1CCN(C(=NC)NCc2ccccc2COc2ccccc2)CC1. The molecule has 1 aliphatic heterocycles. The van der Waals surface area contributed by atoms with Crippen molar-refractivity contribution in [2.45, 2.75) is 39.0 Å².